The summed E-state index contributed by atoms with van der Waals surface area (Å²) in [4.78, 5) is 68.4. The predicted molar refractivity (Wildman–Crippen MR) is 173 cm³/mol. The van der Waals surface area contributed by atoms with Gasteiger partial charge in [-0.1, -0.05) is 58.8 Å². The molecule has 0 radical (unpaired) electrons. The van der Waals surface area contributed by atoms with Crippen LogP contribution < -0.4 is 16.4 Å². The fourth-order valence-electron chi connectivity index (χ4n) is 5.00. The first-order chi connectivity index (χ1) is 20.8. The number of benzene rings is 2. The van der Waals surface area contributed by atoms with Crippen LogP contribution in [0.2, 0.25) is 0 Å². The number of phenolic OH excluding ortho intramolecular Hbond substituents is 1. The number of hydrogen-bond donors (Lipinski definition) is 4. The van der Waals surface area contributed by atoms with Crippen LogP contribution in [0.25, 0.3) is 0 Å². The lowest BCUT2D eigenvalue weighted by Gasteiger charge is -2.34. The van der Waals surface area contributed by atoms with Gasteiger partial charge in [0.15, 0.2) is 0 Å². The quantitative estimate of drug-likeness (QED) is 0.331. The third-order valence-electron chi connectivity index (χ3n) is 7.79. The first-order valence-corrected chi connectivity index (χ1v) is 16.8. The molecule has 0 saturated carbocycles. The van der Waals surface area contributed by atoms with Crippen molar-refractivity contribution < 1.29 is 29.1 Å². The highest BCUT2D eigenvalue weighted by Gasteiger charge is 2.35. The minimum atomic E-state index is -0.961. The second-order valence-electron chi connectivity index (χ2n) is 11.1. The zero-order valence-corrected chi connectivity index (χ0v) is 27.3. The van der Waals surface area contributed by atoms with Crippen LogP contribution in [0.1, 0.15) is 29.2 Å². The molecule has 5 amide bonds. The monoisotopic (exact) mass is 643 g/mol. The number of carbonyl (C=O) groups is 5. The van der Waals surface area contributed by atoms with E-state index in [1.54, 1.807) is 19.1 Å². The summed E-state index contributed by atoms with van der Waals surface area (Å²) in [6, 6.07) is 9.62. The van der Waals surface area contributed by atoms with Crippen LogP contribution in [-0.2, 0) is 36.8 Å². The Morgan fingerprint density at radius 2 is 1.66 bits per heavy atom. The lowest BCUT2D eigenvalue weighted by molar-refractivity contribution is -0.146. The Hall–Kier alpha value is -3.71. The van der Waals surface area contributed by atoms with Crippen LogP contribution in [0.3, 0.4) is 0 Å². The number of nitrogens with two attached hydrogens (primary N) is 1. The fraction of sp³-hybridized carbons (Fsp3) is 0.452. The van der Waals surface area contributed by atoms with E-state index in [1.165, 1.54) is 45.5 Å². The average molecular weight is 644 g/mol. The molecule has 0 spiro atoms. The molecule has 0 bridgehead atoms. The molecule has 2 aromatic rings. The maximum Gasteiger partial charge on any atom is 0.246 e. The van der Waals surface area contributed by atoms with Gasteiger partial charge in [-0.15, -0.1) is 0 Å². The number of nitrogens with zero attached hydrogens (tertiary/aromatic N) is 2. The van der Waals surface area contributed by atoms with Crippen molar-refractivity contribution in [2.45, 2.75) is 51.7 Å². The number of phenols is 1. The Morgan fingerprint density at radius 3 is 2.27 bits per heavy atom. The van der Waals surface area contributed by atoms with Gasteiger partial charge in [-0.2, -0.15) is 0 Å². The molecule has 238 valence electrons. The Morgan fingerprint density at radius 1 is 1.05 bits per heavy atom. The maximum atomic E-state index is 13.6. The van der Waals surface area contributed by atoms with E-state index in [1.807, 2.05) is 44.2 Å². The lowest BCUT2D eigenvalue weighted by Crippen LogP contribution is -2.57. The summed E-state index contributed by atoms with van der Waals surface area (Å²) >= 11 is 0. The molecule has 1 fully saturated rings. The highest BCUT2D eigenvalue weighted by Crippen LogP contribution is 2.26. The van der Waals surface area contributed by atoms with Crippen LogP contribution >= 0.6 is 21.6 Å². The first-order valence-electron chi connectivity index (χ1n) is 14.3. The van der Waals surface area contributed by atoms with Crippen molar-refractivity contribution in [3.63, 3.8) is 0 Å². The standard InChI is InChI=1S/C31H41N5O6S2/c1-18-11-22(37)12-19(2)23(18)13-20(3)29(40)34-24-16-43-44-17-26(28(32)39)36(5)31(42)25(14-21-9-7-6-8-10-21)35(4)27(38)15-33-30(24)41/h6-12,20,24-26,37H,13-17H2,1-5H3,(H2,32,39)(H,33,41)(H,34,40)/t20-,24+,25-,26-/m0/s1. The number of primary amides is 1. The van der Waals surface area contributed by atoms with Gasteiger partial charge in [0.05, 0.1) is 6.54 Å². The molecule has 3 rings (SSSR count). The number of aryl methyl sites for hydroxylation is 2. The molecular weight excluding hydrogens is 603 g/mol. The van der Waals surface area contributed by atoms with Gasteiger partial charge >= 0.3 is 0 Å². The summed E-state index contributed by atoms with van der Waals surface area (Å²) in [5.74, 6) is -2.54. The topological polar surface area (TPSA) is 162 Å². The zero-order valence-electron chi connectivity index (χ0n) is 25.7. The van der Waals surface area contributed by atoms with E-state index in [9.17, 15) is 29.1 Å². The number of carbonyl (C=O) groups excluding carboxylic acids is 5. The van der Waals surface area contributed by atoms with Crippen molar-refractivity contribution >= 4 is 51.1 Å². The molecule has 1 aliphatic rings. The van der Waals surface area contributed by atoms with Gasteiger partial charge in [-0.05, 0) is 54.7 Å². The van der Waals surface area contributed by atoms with Gasteiger partial charge in [-0.25, -0.2) is 0 Å². The number of hydrogen-bond acceptors (Lipinski definition) is 8. The molecule has 0 aromatic heterocycles. The smallest absolute Gasteiger partial charge is 0.246 e. The van der Waals surface area contributed by atoms with Gasteiger partial charge in [-0.3, -0.25) is 24.0 Å². The van der Waals surface area contributed by atoms with E-state index >= 15 is 0 Å². The molecule has 4 atom stereocenters. The number of amides is 5. The number of nitrogens with one attached hydrogen (secondary N) is 2. The molecule has 2 aromatic carbocycles. The Bertz CT molecular complexity index is 1350. The summed E-state index contributed by atoms with van der Waals surface area (Å²) in [7, 11) is 5.50. The predicted octanol–water partition coefficient (Wildman–Crippen LogP) is 1.57. The Labute approximate surface area is 266 Å². The molecule has 1 aliphatic heterocycles. The Kier molecular flexibility index (Phi) is 12.5. The summed E-state index contributed by atoms with van der Waals surface area (Å²) < 4.78 is 0. The lowest BCUT2D eigenvalue weighted by atomic mass is 9.92. The number of rotatable bonds is 7. The SMILES string of the molecule is Cc1cc(O)cc(C)c1C[C@H](C)C(=O)N[C@@H]1CSSC[C@@H](C(N)=O)N(C)C(=O)[C@H](Cc2ccccc2)N(C)C(=O)CNC1=O. The van der Waals surface area contributed by atoms with Crippen molar-refractivity contribution in [2.24, 2.45) is 11.7 Å². The molecule has 13 heteroatoms. The van der Waals surface area contributed by atoms with Crippen molar-refractivity contribution in [3.05, 3.63) is 64.7 Å². The zero-order chi connectivity index (χ0) is 32.6. The summed E-state index contributed by atoms with van der Waals surface area (Å²) in [5.41, 5.74) is 9.18. The third-order valence-corrected chi connectivity index (χ3v) is 10.2. The average Bonchev–Trinajstić information content (AvgIpc) is 2.98. The van der Waals surface area contributed by atoms with Gasteiger partial charge in [0.1, 0.15) is 23.9 Å². The molecule has 5 N–H and O–H groups in total. The van der Waals surface area contributed by atoms with Crippen molar-refractivity contribution in [3.8, 4) is 5.75 Å². The highest BCUT2D eigenvalue weighted by atomic mass is 33.1. The molecule has 1 saturated heterocycles. The van der Waals surface area contributed by atoms with Crippen LogP contribution in [-0.4, -0.2) is 94.7 Å². The van der Waals surface area contributed by atoms with E-state index in [0.717, 1.165) is 22.3 Å². The summed E-state index contributed by atoms with van der Waals surface area (Å²) in [5, 5.41) is 15.3. The minimum Gasteiger partial charge on any atom is -0.508 e. The van der Waals surface area contributed by atoms with Gasteiger partial charge in [0.25, 0.3) is 0 Å². The molecule has 11 nitrogen and oxygen atoms in total. The first kappa shape index (κ1) is 34.8. The normalized spacial score (nSPS) is 21.3. The second kappa shape index (κ2) is 15.8. The second-order valence-corrected chi connectivity index (χ2v) is 13.6. The van der Waals surface area contributed by atoms with E-state index in [-0.39, 0.29) is 36.1 Å². The van der Waals surface area contributed by atoms with Crippen molar-refractivity contribution in [1.82, 2.24) is 20.4 Å². The molecule has 44 heavy (non-hydrogen) atoms. The van der Waals surface area contributed by atoms with E-state index < -0.39 is 47.7 Å². The number of likely N-dealkylation sites (N-methyl/N-ethyl adjacent to an activating group) is 2. The van der Waals surface area contributed by atoms with Crippen LogP contribution in [0.4, 0.5) is 0 Å². The van der Waals surface area contributed by atoms with Crippen molar-refractivity contribution in [1.29, 1.82) is 0 Å². The van der Waals surface area contributed by atoms with E-state index in [2.05, 4.69) is 10.6 Å². The highest BCUT2D eigenvalue weighted by molar-refractivity contribution is 8.76. The third kappa shape index (κ3) is 9.15. The van der Waals surface area contributed by atoms with Crippen LogP contribution in [0, 0.1) is 19.8 Å². The number of aromatic hydroxyl groups is 1. The molecule has 0 unspecified atom stereocenters. The van der Waals surface area contributed by atoms with Gasteiger partial charge < -0.3 is 31.3 Å². The fourth-order valence-corrected chi connectivity index (χ4v) is 7.45. The molecular formula is C31H41N5O6S2. The summed E-state index contributed by atoms with van der Waals surface area (Å²) in [6.07, 6.45) is 0.608. The Balaban J connectivity index is 1.80. The summed E-state index contributed by atoms with van der Waals surface area (Å²) in [6.45, 7) is 5.12. The van der Waals surface area contributed by atoms with Crippen LogP contribution in [0.5, 0.6) is 5.75 Å². The minimum absolute atomic E-state index is 0.149. The molecule has 0 aliphatic carbocycles. The van der Waals surface area contributed by atoms with Crippen LogP contribution in [0.15, 0.2) is 42.5 Å². The van der Waals surface area contributed by atoms with E-state index in [0.29, 0.717) is 6.42 Å². The van der Waals surface area contributed by atoms with E-state index in [4.69, 9.17) is 5.73 Å². The maximum absolute atomic E-state index is 13.6. The van der Waals surface area contributed by atoms with Crippen molar-refractivity contribution in [2.75, 3.05) is 32.1 Å². The van der Waals surface area contributed by atoms with Gasteiger partial charge in [0.2, 0.25) is 29.5 Å². The van der Waals surface area contributed by atoms with Gasteiger partial charge in [0, 0.05) is 37.9 Å². The molecule has 1 heterocycles. The largest absolute Gasteiger partial charge is 0.508 e.